The number of rotatable bonds is 8. The van der Waals surface area contributed by atoms with Gasteiger partial charge in [0, 0.05) is 29.9 Å². The van der Waals surface area contributed by atoms with Crippen molar-refractivity contribution >= 4 is 17.5 Å². The zero-order valence-corrected chi connectivity index (χ0v) is 16.6. The number of aromatic nitrogens is 2. The van der Waals surface area contributed by atoms with Crippen LogP contribution >= 0.6 is 0 Å². The number of nitrogens with one attached hydrogen (secondary N) is 2. The average Bonchev–Trinajstić information content (AvgIpc) is 2.77. The summed E-state index contributed by atoms with van der Waals surface area (Å²) in [4.78, 5) is 9.36. The number of fused-ring (bicyclic) bond motifs is 1. The van der Waals surface area contributed by atoms with Gasteiger partial charge in [-0.3, -0.25) is 0 Å². The highest BCUT2D eigenvalue weighted by molar-refractivity contribution is 5.68. The number of unbranched alkanes of at least 4 members (excludes halogenated alkanes) is 2. The largest absolute Gasteiger partial charge is 0.486 e. The van der Waals surface area contributed by atoms with Crippen LogP contribution in [-0.4, -0.2) is 29.7 Å². The molecule has 0 saturated carbocycles. The van der Waals surface area contributed by atoms with E-state index in [2.05, 4.69) is 34.7 Å². The summed E-state index contributed by atoms with van der Waals surface area (Å²) in [6.07, 6.45) is 3.47. The fourth-order valence-electron chi connectivity index (χ4n) is 3.19. The number of anilines is 3. The van der Waals surface area contributed by atoms with Crippen LogP contribution < -0.4 is 20.1 Å². The molecule has 0 fully saturated rings. The van der Waals surface area contributed by atoms with Gasteiger partial charge in [0.05, 0.1) is 5.69 Å². The molecule has 150 valence electrons. The van der Waals surface area contributed by atoms with Crippen molar-refractivity contribution in [2.24, 2.45) is 0 Å². The maximum absolute atomic E-state index is 5.68. The molecule has 0 amide bonds. The van der Waals surface area contributed by atoms with E-state index < -0.39 is 0 Å². The number of ether oxygens (including phenoxy) is 2. The van der Waals surface area contributed by atoms with Crippen LogP contribution in [0.15, 0.2) is 54.6 Å². The normalized spacial score (nSPS) is 12.4. The van der Waals surface area contributed by atoms with Gasteiger partial charge < -0.3 is 20.1 Å². The second kappa shape index (κ2) is 9.28. The summed E-state index contributed by atoms with van der Waals surface area (Å²) in [5.74, 6) is 2.88. The zero-order valence-electron chi connectivity index (χ0n) is 16.6. The maximum Gasteiger partial charge on any atom is 0.225 e. The SMILES string of the molecule is CCCCCNc1nc(Nc2ccc3c(c2)OCCO3)cc(-c2ccccc2)n1. The Morgan fingerprint density at radius 3 is 2.55 bits per heavy atom. The number of hydrogen-bond donors (Lipinski definition) is 2. The van der Waals surface area contributed by atoms with E-state index in [1.165, 1.54) is 12.8 Å². The molecule has 0 spiro atoms. The van der Waals surface area contributed by atoms with E-state index in [9.17, 15) is 0 Å². The quantitative estimate of drug-likeness (QED) is 0.511. The fourth-order valence-corrected chi connectivity index (χ4v) is 3.19. The second-order valence-corrected chi connectivity index (χ2v) is 6.95. The molecule has 3 aromatic rings. The van der Waals surface area contributed by atoms with E-state index in [0.717, 1.165) is 47.2 Å². The van der Waals surface area contributed by atoms with Crippen molar-refractivity contribution in [1.29, 1.82) is 0 Å². The van der Waals surface area contributed by atoms with E-state index in [4.69, 9.17) is 14.5 Å². The first-order valence-electron chi connectivity index (χ1n) is 10.2. The van der Waals surface area contributed by atoms with Gasteiger partial charge in [-0.1, -0.05) is 50.1 Å². The molecule has 0 unspecified atom stereocenters. The van der Waals surface area contributed by atoms with Crippen LogP contribution in [0.5, 0.6) is 11.5 Å². The fraction of sp³-hybridized carbons (Fsp3) is 0.304. The van der Waals surface area contributed by atoms with Gasteiger partial charge in [0.1, 0.15) is 19.0 Å². The number of benzene rings is 2. The Labute approximate surface area is 171 Å². The van der Waals surface area contributed by atoms with Gasteiger partial charge in [0.2, 0.25) is 5.95 Å². The molecule has 1 aliphatic rings. The van der Waals surface area contributed by atoms with E-state index >= 15 is 0 Å². The standard InChI is InChI=1S/C23H26N4O2/c1-2-3-7-12-24-23-26-19(17-8-5-4-6-9-17)16-22(27-23)25-18-10-11-20-21(15-18)29-14-13-28-20/h4-6,8-11,15-16H,2-3,7,12-14H2,1H3,(H2,24,25,26,27). The van der Waals surface area contributed by atoms with Crippen molar-refractivity contribution in [3.05, 3.63) is 54.6 Å². The Hall–Kier alpha value is -3.28. The predicted molar refractivity (Wildman–Crippen MR) is 116 cm³/mol. The van der Waals surface area contributed by atoms with Gasteiger partial charge in [0.25, 0.3) is 0 Å². The molecule has 0 aliphatic carbocycles. The van der Waals surface area contributed by atoms with Crippen LogP contribution in [0, 0.1) is 0 Å². The van der Waals surface area contributed by atoms with Gasteiger partial charge in [-0.2, -0.15) is 4.98 Å². The molecule has 0 radical (unpaired) electrons. The van der Waals surface area contributed by atoms with Crippen molar-refractivity contribution in [2.45, 2.75) is 26.2 Å². The second-order valence-electron chi connectivity index (χ2n) is 6.95. The molecule has 1 aromatic heterocycles. The molecule has 6 heteroatoms. The Kier molecular flexibility index (Phi) is 6.10. The Balaban J connectivity index is 1.59. The third kappa shape index (κ3) is 4.96. The predicted octanol–water partition coefficient (Wildman–Crippen LogP) is 5.26. The van der Waals surface area contributed by atoms with E-state index in [0.29, 0.717) is 19.2 Å². The van der Waals surface area contributed by atoms with Gasteiger partial charge in [-0.15, -0.1) is 0 Å². The molecular weight excluding hydrogens is 364 g/mol. The molecule has 29 heavy (non-hydrogen) atoms. The van der Waals surface area contributed by atoms with Crippen molar-refractivity contribution in [2.75, 3.05) is 30.4 Å². The topological polar surface area (TPSA) is 68.3 Å². The Morgan fingerprint density at radius 1 is 0.897 bits per heavy atom. The third-order valence-electron chi connectivity index (χ3n) is 4.67. The Morgan fingerprint density at radius 2 is 1.72 bits per heavy atom. The highest BCUT2D eigenvalue weighted by Gasteiger charge is 2.13. The molecule has 0 saturated heterocycles. The van der Waals surface area contributed by atoms with Crippen LogP contribution in [-0.2, 0) is 0 Å². The van der Waals surface area contributed by atoms with Crippen molar-refractivity contribution < 1.29 is 9.47 Å². The van der Waals surface area contributed by atoms with Crippen LogP contribution in [0.1, 0.15) is 26.2 Å². The molecule has 6 nitrogen and oxygen atoms in total. The smallest absolute Gasteiger partial charge is 0.225 e. The average molecular weight is 390 g/mol. The summed E-state index contributed by atoms with van der Waals surface area (Å²) in [7, 11) is 0. The lowest BCUT2D eigenvalue weighted by atomic mass is 10.1. The first-order valence-corrected chi connectivity index (χ1v) is 10.2. The van der Waals surface area contributed by atoms with Crippen LogP contribution in [0.3, 0.4) is 0 Å². The summed E-state index contributed by atoms with van der Waals surface area (Å²) in [5.41, 5.74) is 2.82. The van der Waals surface area contributed by atoms with Crippen molar-refractivity contribution in [3.63, 3.8) is 0 Å². The lowest BCUT2D eigenvalue weighted by molar-refractivity contribution is 0.171. The first-order chi connectivity index (χ1) is 14.3. The molecule has 0 bridgehead atoms. The van der Waals surface area contributed by atoms with Crippen LogP contribution in [0.4, 0.5) is 17.5 Å². The summed E-state index contributed by atoms with van der Waals surface area (Å²) < 4.78 is 11.3. The van der Waals surface area contributed by atoms with E-state index in [-0.39, 0.29) is 0 Å². The zero-order chi connectivity index (χ0) is 19.9. The minimum absolute atomic E-state index is 0.563. The van der Waals surface area contributed by atoms with Gasteiger partial charge in [0.15, 0.2) is 11.5 Å². The molecule has 2 heterocycles. The minimum Gasteiger partial charge on any atom is -0.486 e. The van der Waals surface area contributed by atoms with Crippen molar-refractivity contribution in [3.8, 4) is 22.8 Å². The molecule has 2 N–H and O–H groups in total. The van der Waals surface area contributed by atoms with E-state index in [1.807, 2.05) is 42.5 Å². The van der Waals surface area contributed by atoms with E-state index in [1.54, 1.807) is 0 Å². The van der Waals surface area contributed by atoms with Crippen LogP contribution in [0.25, 0.3) is 11.3 Å². The van der Waals surface area contributed by atoms with Gasteiger partial charge in [-0.25, -0.2) is 4.98 Å². The Bertz CT molecular complexity index is 947. The minimum atomic E-state index is 0.563. The monoisotopic (exact) mass is 390 g/mol. The lowest BCUT2D eigenvalue weighted by Crippen LogP contribution is -2.15. The van der Waals surface area contributed by atoms with Gasteiger partial charge in [-0.05, 0) is 18.6 Å². The molecule has 4 rings (SSSR count). The van der Waals surface area contributed by atoms with Crippen LogP contribution in [0.2, 0.25) is 0 Å². The summed E-state index contributed by atoms with van der Waals surface area (Å²) in [6.45, 7) is 4.20. The molecule has 2 aromatic carbocycles. The molecule has 0 atom stereocenters. The van der Waals surface area contributed by atoms with Gasteiger partial charge >= 0.3 is 0 Å². The number of nitrogens with zero attached hydrogens (tertiary/aromatic N) is 2. The number of hydrogen-bond acceptors (Lipinski definition) is 6. The summed E-state index contributed by atoms with van der Waals surface area (Å²) in [6, 6.07) is 17.9. The maximum atomic E-state index is 5.68. The summed E-state index contributed by atoms with van der Waals surface area (Å²) >= 11 is 0. The summed E-state index contributed by atoms with van der Waals surface area (Å²) in [5, 5.41) is 6.74. The first kappa shape index (κ1) is 19.1. The molecule has 1 aliphatic heterocycles. The molecular formula is C23H26N4O2. The van der Waals surface area contributed by atoms with Crippen molar-refractivity contribution in [1.82, 2.24) is 9.97 Å². The lowest BCUT2D eigenvalue weighted by Gasteiger charge is -2.19. The highest BCUT2D eigenvalue weighted by atomic mass is 16.6. The third-order valence-corrected chi connectivity index (χ3v) is 4.67. The highest BCUT2D eigenvalue weighted by Crippen LogP contribution is 2.34.